The van der Waals surface area contributed by atoms with Crippen molar-refractivity contribution in [1.82, 2.24) is 4.72 Å². The van der Waals surface area contributed by atoms with E-state index in [1.54, 1.807) is 6.08 Å². The molecule has 2 saturated heterocycles. The third-order valence-corrected chi connectivity index (χ3v) is 4.66. The highest BCUT2D eigenvalue weighted by Gasteiger charge is 2.54. The maximum atomic E-state index is 12.2. The van der Waals surface area contributed by atoms with Gasteiger partial charge in [0.1, 0.15) is 24.5 Å². The number of hydrogen-bond acceptors (Lipinski definition) is 4. The molecule has 0 aromatic heterocycles. The van der Waals surface area contributed by atoms with Crippen LogP contribution in [0.25, 0.3) is 0 Å². The standard InChI is InChI=1S/C13H23NO4S/c1-7-8-9-10(18-13(5,6)17-9)11(16-8)14-19(15)12(2,3)4/h7-11,14H,1H2,2-6H3/t8-,9-,10-,11-,19?/m0/s1. The highest BCUT2D eigenvalue weighted by Crippen LogP contribution is 2.38. The summed E-state index contributed by atoms with van der Waals surface area (Å²) in [4.78, 5) is 0. The van der Waals surface area contributed by atoms with Crippen LogP contribution in [0.4, 0.5) is 0 Å². The molecule has 0 amide bonds. The lowest BCUT2D eigenvalue weighted by Crippen LogP contribution is -2.46. The van der Waals surface area contributed by atoms with E-state index in [2.05, 4.69) is 11.3 Å². The Morgan fingerprint density at radius 2 is 1.84 bits per heavy atom. The number of rotatable bonds is 3. The zero-order chi connectivity index (χ0) is 14.4. The molecule has 2 aliphatic heterocycles. The van der Waals surface area contributed by atoms with Gasteiger partial charge in [0.2, 0.25) is 0 Å². The first-order valence-electron chi connectivity index (χ1n) is 6.46. The highest BCUT2D eigenvalue weighted by molar-refractivity contribution is 7.84. The normalized spacial score (nSPS) is 39.0. The maximum Gasteiger partial charge on any atom is 0.164 e. The summed E-state index contributed by atoms with van der Waals surface area (Å²) in [5, 5.41) is 0. The molecule has 0 aliphatic carbocycles. The zero-order valence-corrected chi connectivity index (χ0v) is 13.0. The second kappa shape index (κ2) is 4.93. The van der Waals surface area contributed by atoms with Crippen LogP contribution in [-0.4, -0.2) is 39.3 Å². The van der Waals surface area contributed by atoms with Gasteiger partial charge in [-0.1, -0.05) is 6.08 Å². The van der Waals surface area contributed by atoms with E-state index in [4.69, 9.17) is 14.2 Å². The van der Waals surface area contributed by atoms with Gasteiger partial charge in [0.15, 0.2) is 5.79 Å². The summed E-state index contributed by atoms with van der Waals surface area (Å²) >= 11 is 0. The van der Waals surface area contributed by atoms with Crippen molar-refractivity contribution in [2.75, 3.05) is 0 Å². The van der Waals surface area contributed by atoms with Crippen LogP contribution < -0.4 is 4.72 Å². The average molecular weight is 289 g/mol. The van der Waals surface area contributed by atoms with Gasteiger partial charge in [-0.2, -0.15) is 0 Å². The first-order valence-corrected chi connectivity index (χ1v) is 7.61. The number of ether oxygens (including phenoxy) is 3. The molecule has 2 rings (SSSR count). The Labute approximate surface area is 117 Å². The average Bonchev–Trinajstić information content (AvgIpc) is 2.72. The van der Waals surface area contributed by atoms with Crippen molar-refractivity contribution in [3.63, 3.8) is 0 Å². The Morgan fingerprint density at radius 1 is 1.26 bits per heavy atom. The van der Waals surface area contributed by atoms with Crippen molar-refractivity contribution in [3.05, 3.63) is 12.7 Å². The number of hydrogen-bond donors (Lipinski definition) is 1. The second-order valence-electron chi connectivity index (χ2n) is 6.32. The molecule has 0 radical (unpaired) electrons. The lowest BCUT2D eigenvalue weighted by Gasteiger charge is -2.26. The minimum Gasteiger partial charge on any atom is -0.349 e. The third kappa shape index (κ3) is 3.08. The molecule has 0 bridgehead atoms. The first-order chi connectivity index (χ1) is 8.64. The summed E-state index contributed by atoms with van der Waals surface area (Å²) in [6, 6.07) is 0. The summed E-state index contributed by atoms with van der Waals surface area (Å²) in [6.45, 7) is 13.2. The van der Waals surface area contributed by atoms with Gasteiger partial charge in [0, 0.05) is 0 Å². The molecule has 110 valence electrons. The monoisotopic (exact) mass is 289 g/mol. The van der Waals surface area contributed by atoms with E-state index in [0.29, 0.717) is 0 Å². The van der Waals surface area contributed by atoms with E-state index in [-0.39, 0.29) is 23.1 Å². The van der Waals surface area contributed by atoms with Crippen LogP contribution in [0.1, 0.15) is 34.6 Å². The van der Waals surface area contributed by atoms with Crippen LogP contribution in [0.15, 0.2) is 12.7 Å². The minimum atomic E-state index is -1.22. The van der Waals surface area contributed by atoms with E-state index >= 15 is 0 Å². The Bertz CT molecular complexity index is 391. The van der Waals surface area contributed by atoms with Crippen molar-refractivity contribution < 1.29 is 18.4 Å². The summed E-state index contributed by atoms with van der Waals surface area (Å²) in [5.74, 6) is -0.649. The molecule has 2 heterocycles. The minimum absolute atomic E-state index is 0.207. The molecule has 0 aromatic carbocycles. The molecular weight excluding hydrogens is 266 g/mol. The Kier molecular flexibility index (Phi) is 3.92. The predicted molar refractivity (Wildman–Crippen MR) is 73.7 cm³/mol. The van der Waals surface area contributed by atoms with Gasteiger partial charge in [-0.15, -0.1) is 6.58 Å². The molecule has 0 spiro atoms. The second-order valence-corrected chi connectivity index (χ2v) is 8.32. The van der Waals surface area contributed by atoms with E-state index in [1.165, 1.54) is 0 Å². The van der Waals surface area contributed by atoms with Crippen LogP contribution in [0.2, 0.25) is 0 Å². The summed E-state index contributed by atoms with van der Waals surface area (Å²) in [6.07, 6.45) is 0.520. The van der Waals surface area contributed by atoms with Gasteiger partial charge in [-0.3, -0.25) is 0 Å². The quantitative estimate of drug-likeness (QED) is 0.799. The number of fused-ring (bicyclic) bond motifs is 1. The fraction of sp³-hybridized carbons (Fsp3) is 0.846. The zero-order valence-electron chi connectivity index (χ0n) is 12.1. The van der Waals surface area contributed by atoms with Crippen molar-refractivity contribution in [3.8, 4) is 0 Å². The molecular formula is C13H23NO4S. The number of nitrogens with one attached hydrogen (secondary N) is 1. The van der Waals surface area contributed by atoms with Crippen LogP contribution in [0.5, 0.6) is 0 Å². The fourth-order valence-corrected chi connectivity index (χ4v) is 2.95. The lowest BCUT2D eigenvalue weighted by atomic mass is 10.1. The maximum absolute atomic E-state index is 12.2. The molecule has 5 nitrogen and oxygen atoms in total. The van der Waals surface area contributed by atoms with Crippen LogP contribution in [0.3, 0.4) is 0 Å². The lowest BCUT2D eigenvalue weighted by molar-refractivity contribution is -0.183. The largest absolute Gasteiger partial charge is 0.349 e. The summed E-state index contributed by atoms with van der Waals surface area (Å²) in [5.41, 5.74) is 0. The van der Waals surface area contributed by atoms with Gasteiger partial charge in [0.05, 0.1) is 15.7 Å². The van der Waals surface area contributed by atoms with Crippen LogP contribution in [-0.2, 0) is 25.2 Å². The molecule has 6 heteroatoms. The SMILES string of the molecule is C=C[C@@H]1O[C@H](NS(=O)C(C)(C)C)[C@H]2OC(C)(C)O[C@H]21. The van der Waals surface area contributed by atoms with E-state index < -0.39 is 23.0 Å². The summed E-state index contributed by atoms with van der Waals surface area (Å²) in [7, 11) is -1.22. The molecule has 1 unspecified atom stereocenters. The van der Waals surface area contributed by atoms with E-state index in [1.807, 2.05) is 34.6 Å². The van der Waals surface area contributed by atoms with Crippen LogP contribution in [0, 0.1) is 0 Å². The molecule has 1 N–H and O–H groups in total. The van der Waals surface area contributed by atoms with Gasteiger partial charge < -0.3 is 14.2 Å². The van der Waals surface area contributed by atoms with Crippen molar-refractivity contribution in [2.45, 2.75) is 69.7 Å². The molecule has 19 heavy (non-hydrogen) atoms. The molecule has 5 atom stereocenters. The van der Waals surface area contributed by atoms with E-state index in [0.717, 1.165) is 0 Å². The Hall–Kier alpha value is -0.270. The van der Waals surface area contributed by atoms with Gasteiger partial charge >= 0.3 is 0 Å². The van der Waals surface area contributed by atoms with Crippen molar-refractivity contribution in [2.24, 2.45) is 0 Å². The Balaban J connectivity index is 2.11. The molecule has 0 aromatic rings. The summed E-state index contributed by atoms with van der Waals surface area (Å²) < 4.78 is 32.2. The third-order valence-electron chi connectivity index (χ3n) is 3.10. The van der Waals surface area contributed by atoms with Crippen molar-refractivity contribution >= 4 is 11.0 Å². The molecule has 2 aliphatic rings. The van der Waals surface area contributed by atoms with E-state index in [9.17, 15) is 4.21 Å². The highest BCUT2D eigenvalue weighted by atomic mass is 32.2. The molecule has 0 saturated carbocycles. The van der Waals surface area contributed by atoms with Gasteiger partial charge in [-0.25, -0.2) is 8.93 Å². The van der Waals surface area contributed by atoms with Crippen LogP contribution >= 0.6 is 0 Å². The van der Waals surface area contributed by atoms with Crippen molar-refractivity contribution in [1.29, 1.82) is 0 Å². The topological polar surface area (TPSA) is 56.8 Å². The first kappa shape index (κ1) is 15.1. The van der Waals surface area contributed by atoms with Gasteiger partial charge in [-0.05, 0) is 34.6 Å². The smallest absolute Gasteiger partial charge is 0.164 e. The molecule has 2 fully saturated rings. The Morgan fingerprint density at radius 3 is 2.37 bits per heavy atom. The van der Waals surface area contributed by atoms with Gasteiger partial charge in [0.25, 0.3) is 0 Å². The predicted octanol–water partition coefficient (Wildman–Crippen LogP) is 1.47. The fourth-order valence-electron chi connectivity index (χ4n) is 2.20.